The molecule has 0 saturated heterocycles. The summed E-state index contributed by atoms with van der Waals surface area (Å²) in [5.74, 6) is -0.618. The summed E-state index contributed by atoms with van der Waals surface area (Å²) < 4.78 is 0. The Labute approximate surface area is 182 Å². The zero-order chi connectivity index (χ0) is 22.0. The molecule has 0 bridgehead atoms. The van der Waals surface area contributed by atoms with Crippen molar-refractivity contribution >= 4 is 23.1 Å². The number of carbonyl (C=O) groups is 2. The van der Waals surface area contributed by atoms with Crippen LogP contribution in [0.1, 0.15) is 34.7 Å². The van der Waals surface area contributed by atoms with Gasteiger partial charge in [-0.15, -0.1) is 0 Å². The fourth-order valence-corrected chi connectivity index (χ4v) is 3.64. The van der Waals surface area contributed by atoms with E-state index in [-0.39, 0.29) is 18.4 Å². The van der Waals surface area contributed by atoms with Crippen LogP contribution in [-0.2, 0) is 22.6 Å². The lowest BCUT2D eigenvalue weighted by Gasteiger charge is -2.15. The number of benzene rings is 2. The Hall–Kier alpha value is -3.73. The van der Waals surface area contributed by atoms with E-state index in [2.05, 4.69) is 17.2 Å². The van der Waals surface area contributed by atoms with E-state index in [4.69, 9.17) is 0 Å². The fraction of sp³-hybridized carbons (Fsp3) is 0.192. The summed E-state index contributed by atoms with van der Waals surface area (Å²) in [6.07, 6.45) is 4.26. The summed E-state index contributed by atoms with van der Waals surface area (Å²) in [6.45, 7) is 6.33. The molecule has 2 aromatic carbocycles. The van der Waals surface area contributed by atoms with Gasteiger partial charge in [0.2, 0.25) is 0 Å². The van der Waals surface area contributed by atoms with Crippen molar-refractivity contribution in [2.75, 3.05) is 5.32 Å². The van der Waals surface area contributed by atoms with Gasteiger partial charge in [-0.1, -0.05) is 37.3 Å². The summed E-state index contributed by atoms with van der Waals surface area (Å²) in [4.78, 5) is 32.1. The van der Waals surface area contributed by atoms with Crippen LogP contribution in [0.15, 0.2) is 72.7 Å². The first-order chi connectivity index (χ1) is 15.0. The van der Waals surface area contributed by atoms with Crippen LogP contribution >= 0.6 is 0 Å². The molecule has 2 amide bonds. The second-order valence-electron chi connectivity index (χ2n) is 7.78. The van der Waals surface area contributed by atoms with Gasteiger partial charge in [-0.2, -0.15) is 0 Å². The van der Waals surface area contributed by atoms with Crippen LogP contribution in [0.25, 0.3) is 5.57 Å². The molecule has 1 aliphatic rings. The van der Waals surface area contributed by atoms with Gasteiger partial charge in [0.05, 0.1) is 12.1 Å². The van der Waals surface area contributed by atoms with Gasteiger partial charge < -0.3 is 5.32 Å². The maximum Gasteiger partial charge on any atom is 0.278 e. The number of imide groups is 1. The first kappa shape index (κ1) is 20.5. The highest BCUT2D eigenvalue weighted by Crippen LogP contribution is 2.32. The monoisotopic (exact) mass is 411 g/mol. The standard InChI is InChI=1S/C26H25N3O2/c1-4-19-6-9-22(10-7-19)28-24-23(21-8-5-17(2)18(3)15-21)25(30)29(26(24)31)16-20-11-13-27-14-12-20/h5-15,28H,4,16H2,1-3H3. The lowest BCUT2D eigenvalue weighted by Crippen LogP contribution is -2.32. The van der Waals surface area contributed by atoms with Crippen molar-refractivity contribution in [3.63, 3.8) is 0 Å². The van der Waals surface area contributed by atoms with Crippen LogP contribution in [0.5, 0.6) is 0 Å². The predicted molar refractivity (Wildman–Crippen MR) is 122 cm³/mol. The van der Waals surface area contributed by atoms with Crippen LogP contribution in [0.3, 0.4) is 0 Å². The summed E-state index contributed by atoms with van der Waals surface area (Å²) in [7, 11) is 0. The first-order valence-corrected chi connectivity index (χ1v) is 10.4. The van der Waals surface area contributed by atoms with E-state index in [0.29, 0.717) is 11.3 Å². The lowest BCUT2D eigenvalue weighted by molar-refractivity contribution is -0.137. The number of aromatic nitrogens is 1. The summed E-state index contributed by atoms with van der Waals surface area (Å²) in [6, 6.07) is 17.4. The SMILES string of the molecule is CCc1ccc(NC2=C(c3ccc(C)c(C)c3)C(=O)N(Cc3ccncc3)C2=O)cc1. The smallest absolute Gasteiger partial charge is 0.278 e. The number of nitrogens with one attached hydrogen (secondary N) is 1. The van der Waals surface area contributed by atoms with Crippen molar-refractivity contribution in [1.82, 2.24) is 9.88 Å². The minimum Gasteiger partial charge on any atom is -0.350 e. The van der Waals surface area contributed by atoms with Gasteiger partial charge in [-0.25, -0.2) is 0 Å². The zero-order valence-electron chi connectivity index (χ0n) is 18.0. The van der Waals surface area contributed by atoms with Crippen molar-refractivity contribution in [3.05, 3.63) is 101 Å². The van der Waals surface area contributed by atoms with E-state index in [1.54, 1.807) is 12.4 Å². The molecule has 1 N–H and O–H groups in total. The number of carbonyl (C=O) groups excluding carboxylic acids is 2. The summed E-state index contributed by atoms with van der Waals surface area (Å²) in [5, 5.41) is 3.23. The minimum atomic E-state index is -0.324. The molecule has 0 atom stereocenters. The molecule has 31 heavy (non-hydrogen) atoms. The molecule has 3 aromatic rings. The Morgan fingerprint density at radius 1 is 0.839 bits per heavy atom. The molecule has 5 nitrogen and oxygen atoms in total. The molecule has 4 rings (SSSR count). The van der Waals surface area contributed by atoms with E-state index >= 15 is 0 Å². The van der Waals surface area contributed by atoms with Crippen LogP contribution in [0.4, 0.5) is 5.69 Å². The van der Waals surface area contributed by atoms with Crippen LogP contribution in [0.2, 0.25) is 0 Å². The molecule has 0 radical (unpaired) electrons. The number of hydrogen-bond donors (Lipinski definition) is 1. The first-order valence-electron chi connectivity index (χ1n) is 10.4. The highest BCUT2D eigenvalue weighted by atomic mass is 16.2. The van der Waals surface area contributed by atoms with Crippen molar-refractivity contribution in [3.8, 4) is 0 Å². The van der Waals surface area contributed by atoms with E-state index in [0.717, 1.165) is 34.4 Å². The Bertz CT molecular complexity index is 1170. The van der Waals surface area contributed by atoms with Crippen molar-refractivity contribution in [2.45, 2.75) is 33.7 Å². The molecule has 1 aromatic heterocycles. The summed E-state index contributed by atoms with van der Waals surface area (Å²) in [5.41, 5.74) is 6.51. The molecule has 0 saturated carbocycles. The Morgan fingerprint density at radius 3 is 2.19 bits per heavy atom. The molecule has 0 unspecified atom stereocenters. The number of pyridine rings is 1. The quantitative estimate of drug-likeness (QED) is 0.600. The number of anilines is 1. The van der Waals surface area contributed by atoms with E-state index in [1.807, 2.05) is 68.4 Å². The van der Waals surface area contributed by atoms with E-state index < -0.39 is 0 Å². The van der Waals surface area contributed by atoms with E-state index in [9.17, 15) is 9.59 Å². The maximum absolute atomic E-state index is 13.4. The second kappa shape index (κ2) is 8.56. The van der Waals surface area contributed by atoms with E-state index in [1.165, 1.54) is 10.5 Å². The number of rotatable bonds is 6. The normalized spacial score (nSPS) is 13.8. The number of amides is 2. The highest BCUT2D eigenvalue weighted by molar-refractivity contribution is 6.36. The van der Waals surface area contributed by atoms with Gasteiger partial charge in [0.25, 0.3) is 11.8 Å². The van der Waals surface area contributed by atoms with Gasteiger partial charge in [0.1, 0.15) is 5.70 Å². The number of nitrogens with zero attached hydrogens (tertiary/aromatic N) is 2. The third kappa shape index (κ3) is 4.12. The fourth-order valence-electron chi connectivity index (χ4n) is 3.64. The molecular weight excluding hydrogens is 386 g/mol. The lowest BCUT2D eigenvalue weighted by atomic mass is 9.99. The summed E-state index contributed by atoms with van der Waals surface area (Å²) >= 11 is 0. The maximum atomic E-state index is 13.4. The van der Waals surface area contributed by atoms with Crippen molar-refractivity contribution < 1.29 is 9.59 Å². The Balaban J connectivity index is 1.75. The van der Waals surface area contributed by atoms with Crippen molar-refractivity contribution in [1.29, 1.82) is 0 Å². The Morgan fingerprint density at radius 2 is 1.55 bits per heavy atom. The van der Waals surface area contributed by atoms with Gasteiger partial charge >= 0.3 is 0 Å². The molecule has 0 fully saturated rings. The van der Waals surface area contributed by atoms with Crippen molar-refractivity contribution in [2.24, 2.45) is 0 Å². The van der Waals surface area contributed by atoms with Crippen LogP contribution in [-0.4, -0.2) is 21.7 Å². The second-order valence-corrected chi connectivity index (χ2v) is 7.78. The zero-order valence-corrected chi connectivity index (χ0v) is 18.0. The van der Waals surface area contributed by atoms with Crippen LogP contribution < -0.4 is 5.32 Å². The average Bonchev–Trinajstić information content (AvgIpc) is 3.01. The molecule has 156 valence electrons. The van der Waals surface area contributed by atoms with Crippen LogP contribution in [0, 0.1) is 13.8 Å². The Kier molecular flexibility index (Phi) is 5.67. The highest BCUT2D eigenvalue weighted by Gasteiger charge is 2.39. The van der Waals surface area contributed by atoms with Gasteiger partial charge in [-0.3, -0.25) is 19.5 Å². The topological polar surface area (TPSA) is 62.3 Å². The number of hydrogen-bond acceptors (Lipinski definition) is 4. The van der Waals surface area contributed by atoms with Gasteiger partial charge in [-0.05, 0) is 72.4 Å². The van der Waals surface area contributed by atoms with Gasteiger partial charge in [0, 0.05) is 18.1 Å². The average molecular weight is 412 g/mol. The third-order valence-electron chi connectivity index (χ3n) is 5.69. The molecule has 2 heterocycles. The minimum absolute atomic E-state index is 0.203. The van der Waals surface area contributed by atoms with Gasteiger partial charge in [0.15, 0.2) is 0 Å². The third-order valence-corrected chi connectivity index (χ3v) is 5.69. The molecule has 1 aliphatic heterocycles. The molecule has 0 spiro atoms. The largest absolute Gasteiger partial charge is 0.350 e. The molecule has 5 heteroatoms. The number of aryl methyl sites for hydroxylation is 3. The predicted octanol–water partition coefficient (Wildman–Crippen LogP) is 4.65. The molecule has 0 aliphatic carbocycles. The molecular formula is C26H25N3O2.